The van der Waals surface area contributed by atoms with Crippen molar-refractivity contribution in [2.75, 3.05) is 0 Å². The zero-order valence-electron chi connectivity index (χ0n) is 37.2. The number of carbonyl (C=O) groups excluding carboxylic acids is 2. The number of rotatable bonds is 19. The highest BCUT2D eigenvalue weighted by atomic mass is 16.7. The van der Waals surface area contributed by atoms with Crippen LogP contribution < -0.4 is 18.9 Å². The molecular weight excluding hydrogens is 793 g/mol. The van der Waals surface area contributed by atoms with E-state index in [4.69, 9.17) is 18.9 Å². The standard InChI is InChI=1S/C58H58O6/c1-3-5-7-9-11-15-25-41-35-37-49-51(39-41)53(45-31-21-23-33-47(45)55(49)63-57(59)61-43-27-17-13-18-28-43)54-46-32-22-24-34-48(46)56(64-58(60)62-44-29-19-14-20-30-44)50-38-36-42(40-52(50)54)26-16-12-10-8-6-4-2/h13-14,17-24,27-40H,3-12,15-16,25-26H2,1-2H3. The number of hydrogen-bond donors (Lipinski definition) is 0. The summed E-state index contributed by atoms with van der Waals surface area (Å²) in [6.45, 7) is 4.50. The number of benzene rings is 8. The number of hydrogen-bond acceptors (Lipinski definition) is 6. The average Bonchev–Trinajstić information content (AvgIpc) is 3.32. The molecule has 0 N–H and O–H groups in total. The fraction of sp³-hybridized carbons (Fsp3) is 0.276. The quantitative estimate of drug-likeness (QED) is 0.0349. The van der Waals surface area contributed by atoms with E-state index in [2.05, 4.69) is 62.4 Å². The van der Waals surface area contributed by atoms with E-state index in [0.717, 1.165) is 79.9 Å². The monoisotopic (exact) mass is 850 g/mol. The third kappa shape index (κ3) is 10.4. The minimum absolute atomic E-state index is 0.406. The Balaban J connectivity index is 1.33. The van der Waals surface area contributed by atoms with E-state index in [9.17, 15) is 9.59 Å². The SMILES string of the molecule is CCCCCCCCc1ccc2c(OC(=O)Oc3ccccc3)c3ccccc3c(-c3c4ccccc4c(OC(=O)Oc4ccccc4)c4ccc(CCCCCCCC)cc34)c2c1. The van der Waals surface area contributed by atoms with Crippen molar-refractivity contribution in [2.24, 2.45) is 0 Å². The molecule has 8 aromatic rings. The van der Waals surface area contributed by atoms with Crippen molar-refractivity contribution in [1.29, 1.82) is 0 Å². The van der Waals surface area contributed by atoms with Crippen LogP contribution in [0.2, 0.25) is 0 Å². The maximum absolute atomic E-state index is 13.6. The number of fused-ring (bicyclic) bond motifs is 4. The highest BCUT2D eigenvalue weighted by molar-refractivity contribution is 6.27. The normalized spacial score (nSPS) is 11.3. The predicted octanol–water partition coefficient (Wildman–Crippen LogP) is 16.9. The molecule has 0 radical (unpaired) electrons. The number of carbonyl (C=O) groups is 2. The molecule has 0 aliphatic carbocycles. The first-order valence-corrected chi connectivity index (χ1v) is 23.4. The van der Waals surface area contributed by atoms with Gasteiger partial charge in [-0.15, -0.1) is 0 Å². The third-order valence-electron chi connectivity index (χ3n) is 12.2. The molecule has 326 valence electrons. The van der Waals surface area contributed by atoms with Crippen LogP contribution in [0.25, 0.3) is 54.2 Å². The Kier molecular flexibility index (Phi) is 14.9. The van der Waals surface area contributed by atoms with Gasteiger partial charge in [-0.25, -0.2) is 9.59 Å². The Bertz CT molecular complexity index is 2650. The molecule has 0 saturated carbocycles. The summed E-state index contributed by atoms with van der Waals surface area (Å²) in [5.74, 6) is 1.71. The maximum Gasteiger partial charge on any atom is 0.519 e. The van der Waals surface area contributed by atoms with Crippen molar-refractivity contribution in [3.63, 3.8) is 0 Å². The largest absolute Gasteiger partial charge is 0.519 e. The van der Waals surface area contributed by atoms with Crippen molar-refractivity contribution in [2.45, 2.75) is 104 Å². The van der Waals surface area contributed by atoms with Crippen LogP contribution in [-0.2, 0) is 12.8 Å². The summed E-state index contributed by atoms with van der Waals surface area (Å²) in [6.07, 6.45) is 14.7. The van der Waals surface area contributed by atoms with Gasteiger partial charge in [-0.1, -0.05) is 199 Å². The Morgan fingerprint density at radius 3 is 1.09 bits per heavy atom. The van der Waals surface area contributed by atoms with E-state index in [1.807, 2.05) is 72.8 Å². The molecule has 0 bridgehead atoms. The van der Waals surface area contributed by atoms with Crippen molar-refractivity contribution < 1.29 is 28.5 Å². The minimum atomic E-state index is -0.805. The smallest absolute Gasteiger partial charge is 0.395 e. The molecule has 0 aliphatic rings. The van der Waals surface area contributed by atoms with Gasteiger partial charge in [0, 0.05) is 21.5 Å². The highest BCUT2D eigenvalue weighted by Crippen LogP contribution is 2.50. The maximum atomic E-state index is 13.6. The molecule has 0 unspecified atom stereocenters. The second kappa shape index (κ2) is 21.6. The van der Waals surface area contributed by atoms with Gasteiger partial charge >= 0.3 is 12.3 Å². The van der Waals surface area contributed by atoms with E-state index in [0.29, 0.717) is 23.0 Å². The summed E-state index contributed by atoms with van der Waals surface area (Å²) in [7, 11) is 0. The van der Waals surface area contributed by atoms with Crippen molar-refractivity contribution in [1.82, 2.24) is 0 Å². The van der Waals surface area contributed by atoms with Crippen LogP contribution in [0.4, 0.5) is 9.59 Å². The van der Waals surface area contributed by atoms with E-state index in [1.54, 1.807) is 24.3 Å². The van der Waals surface area contributed by atoms with Crippen LogP contribution in [0.1, 0.15) is 102 Å². The molecule has 6 nitrogen and oxygen atoms in total. The Hall–Kier alpha value is -6.66. The Labute approximate surface area is 377 Å². The van der Waals surface area contributed by atoms with Gasteiger partial charge < -0.3 is 18.9 Å². The van der Waals surface area contributed by atoms with Crippen LogP contribution in [0.5, 0.6) is 23.0 Å². The summed E-state index contributed by atoms with van der Waals surface area (Å²) in [5, 5.41) is 6.97. The van der Waals surface area contributed by atoms with Crippen LogP contribution in [0.15, 0.2) is 146 Å². The fourth-order valence-corrected chi connectivity index (χ4v) is 9.04. The van der Waals surface area contributed by atoms with Gasteiger partial charge in [-0.2, -0.15) is 0 Å². The molecule has 8 aromatic carbocycles. The zero-order chi connectivity index (χ0) is 44.1. The zero-order valence-corrected chi connectivity index (χ0v) is 37.2. The second-order valence-corrected chi connectivity index (χ2v) is 16.8. The first-order valence-electron chi connectivity index (χ1n) is 23.4. The van der Waals surface area contributed by atoms with Gasteiger partial charge in [0.1, 0.15) is 23.0 Å². The summed E-state index contributed by atoms with van der Waals surface area (Å²) in [6, 6.07) is 47.4. The lowest BCUT2D eigenvalue weighted by atomic mass is 9.84. The molecule has 0 atom stereocenters. The summed E-state index contributed by atoms with van der Waals surface area (Å²) < 4.78 is 23.9. The summed E-state index contributed by atoms with van der Waals surface area (Å²) in [5.41, 5.74) is 4.49. The first-order chi connectivity index (χ1) is 31.5. The van der Waals surface area contributed by atoms with Crippen LogP contribution in [0, 0.1) is 0 Å². The molecule has 0 amide bonds. The molecule has 0 saturated heterocycles. The van der Waals surface area contributed by atoms with Crippen LogP contribution >= 0.6 is 0 Å². The van der Waals surface area contributed by atoms with Gasteiger partial charge in [0.15, 0.2) is 0 Å². The average molecular weight is 851 g/mol. The summed E-state index contributed by atoms with van der Waals surface area (Å²) >= 11 is 0. The predicted molar refractivity (Wildman–Crippen MR) is 262 cm³/mol. The molecule has 8 rings (SSSR count). The third-order valence-corrected chi connectivity index (χ3v) is 12.2. The fourth-order valence-electron chi connectivity index (χ4n) is 9.04. The van der Waals surface area contributed by atoms with E-state index < -0.39 is 12.3 Å². The lowest BCUT2D eigenvalue weighted by Gasteiger charge is -2.22. The van der Waals surface area contributed by atoms with Gasteiger partial charge in [0.2, 0.25) is 0 Å². The molecular formula is C58H58O6. The van der Waals surface area contributed by atoms with Gasteiger partial charge in [-0.3, -0.25) is 0 Å². The Morgan fingerprint density at radius 2 is 0.688 bits per heavy atom. The molecule has 0 aliphatic heterocycles. The van der Waals surface area contributed by atoms with Crippen molar-refractivity contribution in [3.05, 3.63) is 157 Å². The minimum Gasteiger partial charge on any atom is -0.395 e. The van der Waals surface area contributed by atoms with Crippen molar-refractivity contribution >= 4 is 55.4 Å². The molecule has 0 aromatic heterocycles. The second-order valence-electron chi connectivity index (χ2n) is 16.8. The van der Waals surface area contributed by atoms with Crippen LogP contribution in [-0.4, -0.2) is 12.3 Å². The topological polar surface area (TPSA) is 71.1 Å². The van der Waals surface area contributed by atoms with Gasteiger partial charge in [0.25, 0.3) is 0 Å². The van der Waals surface area contributed by atoms with E-state index in [1.165, 1.54) is 75.3 Å². The lowest BCUT2D eigenvalue weighted by molar-refractivity contribution is 0.152. The van der Waals surface area contributed by atoms with E-state index in [-0.39, 0.29) is 0 Å². The molecule has 6 heteroatoms. The molecule has 0 spiro atoms. The van der Waals surface area contributed by atoms with Crippen LogP contribution in [0.3, 0.4) is 0 Å². The Morgan fingerprint density at radius 1 is 0.344 bits per heavy atom. The highest BCUT2D eigenvalue weighted by Gasteiger charge is 2.25. The first kappa shape index (κ1) is 44.0. The number of unbranched alkanes of at least 4 members (excludes halogenated alkanes) is 10. The number of aryl methyl sites for hydroxylation is 2. The molecule has 64 heavy (non-hydrogen) atoms. The number of ether oxygens (including phenoxy) is 4. The molecule has 0 fully saturated rings. The molecule has 0 heterocycles. The van der Waals surface area contributed by atoms with E-state index >= 15 is 0 Å². The van der Waals surface area contributed by atoms with Crippen molar-refractivity contribution in [3.8, 4) is 34.1 Å². The van der Waals surface area contributed by atoms with Gasteiger partial charge in [0.05, 0.1) is 0 Å². The lowest BCUT2D eigenvalue weighted by Crippen LogP contribution is -2.14. The van der Waals surface area contributed by atoms with Gasteiger partial charge in [-0.05, 0) is 93.7 Å². The summed E-state index contributed by atoms with van der Waals surface area (Å²) in [4.78, 5) is 27.3. The number of para-hydroxylation sites is 2.